The number of nitrogens with one attached hydrogen (secondary N) is 2. The Hall–Kier alpha value is -4.00. The first-order valence-corrected chi connectivity index (χ1v) is 9.74. The number of hydrogen-bond acceptors (Lipinski definition) is 5. The average molecular weight is 420 g/mol. The maximum absolute atomic E-state index is 12.7. The van der Waals surface area contributed by atoms with Crippen molar-refractivity contribution in [3.05, 3.63) is 89.5 Å². The van der Waals surface area contributed by atoms with Crippen LogP contribution in [0.25, 0.3) is 6.08 Å². The molecule has 0 aliphatic carbocycles. The van der Waals surface area contributed by atoms with Gasteiger partial charge >= 0.3 is 0 Å². The molecular weight excluding hydrogens is 396 g/mol. The summed E-state index contributed by atoms with van der Waals surface area (Å²) in [5.74, 6) is 0.791. The van der Waals surface area contributed by atoms with E-state index in [-0.39, 0.29) is 24.8 Å². The van der Waals surface area contributed by atoms with Crippen molar-refractivity contribution < 1.29 is 23.5 Å². The monoisotopic (exact) mass is 420 g/mol. The molecule has 0 atom stereocenters. The van der Waals surface area contributed by atoms with Gasteiger partial charge in [0, 0.05) is 11.6 Å². The Morgan fingerprint density at radius 2 is 1.84 bits per heavy atom. The van der Waals surface area contributed by atoms with Crippen molar-refractivity contribution in [3.8, 4) is 11.5 Å². The van der Waals surface area contributed by atoms with E-state index in [1.54, 1.807) is 49.6 Å². The van der Waals surface area contributed by atoms with Gasteiger partial charge < -0.3 is 24.5 Å². The summed E-state index contributed by atoms with van der Waals surface area (Å²) in [5.41, 5.74) is 1.47. The third kappa shape index (κ3) is 6.24. The van der Waals surface area contributed by atoms with E-state index < -0.39 is 5.91 Å². The van der Waals surface area contributed by atoms with E-state index in [1.165, 1.54) is 12.3 Å². The van der Waals surface area contributed by atoms with Gasteiger partial charge in [-0.15, -0.1) is 0 Å². The molecule has 31 heavy (non-hydrogen) atoms. The molecule has 0 radical (unpaired) electrons. The fourth-order valence-corrected chi connectivity index (χ4v) is 2.81. The fraction of sp³-hybridized carbons (Fsp3) is 0.167. The average Bonchev–Trinajstić information content (AvgIpc) is 3.29. The van der Waals surface area contributed by atoms with E-state index in [0.717, 1.165) is 5.56 Å². The molecule has 160 valence electrons. The third-order valence-electron chi connectivity index (χ3n) is 4.32. The Morgan fingerprint density at radius 1 is 1.03 bits per heavy atom. The predicted molar refractivity (Wildman–Crippen MR) is 117 cm³/mol. The normalized spacial score (nSPS) is 11.0. The minimum atomic E-state index is -0.457. The first-order valence-electron chi connectivity index (χ1n) is 9.74. The van der Waals surface area contributed by atoms with Crippen LogP contribution in [0.2, 0.25) is 0 Å². The van der Waals surface area contributed by atoms with Gasteiger partial charge in [-0.2, -0.15) is 0 Å². The van der Waals surface area contributed by atoms with Gasteiger partial charge in [-0.1, -0.05) is 29.8 Å². The first kappa shape index (κ1) is 21.7. The molecule has 2 amide bonds. The van der Waals surface area contributed by atoms with E-state index in [0.29, 0.717) is 22.8 Å². The highest BCUT2D eigenvalue weighted by Gasteiger charge is 2.15. The topological polar surface area (TPSA) is 89.8 Å². The van der Waals surface area contributed by atoms with Crippen LogP contribution in [0.1, 0.15) is 21.7 Å². The highest BCUT2D eigenvalue weighted by Crippen LogP contribution is 2.25. The van der Waals surface area contributed by atoms with Gasteiger partial charge in [0.15, 0.2) is 11.5 Å². The van der Waals surface area contributed by atoms with E-state index in [2.05, 4.69) is 10.6 Å². The first-order chi connectivity index (χ1) is 15.1. The SMILES string of the molecule is COc1ccccc1OCCNC(=O)/C(=C/c1ccco1)NC(=O)c1cccc(C)c1. The standard InChI is InChI=1S/C24H24N2O5/c1-17-7-5-8-18(15-17)23(27)26-20(16-19-9-6-13-30-19)24(28)25-12-14-31-22-11-4-3-10-21(22)29-2/h3-11,13,15-16H,12,14H2,1-2H3,(H,25,28)(H,26,27)/b20-16-. The van der Waals surface area contributed by atoms with Crippen LogP contribution in [0.15, 0.2) is 77.0 Å². The number of ether oxygens (including phenoxy) is 2. The summed E-state index contributed by atoms with van der Waals surface area (Å²) in [6, 6.07) is 17.8. The second-order valence-electron chi connectivity index (χ2n) is 6.65. The molecule has 1 aromatic heterocycles. The molecule has 0 spiro atoms. The van der Waals surface area contributed by atoms with Crippen LogP contribution in [0.4, 0.5) is 0 Å². The Labute approximate surface area is 180 Å². The molecule has 2 N–H and O–H groups in total. The predicted octanol–water partition coefficient (Wildman–Crippen LogP) is 3.56. The second kappa shape index (κ2) is 10.7. The lowest BCUT2D eigenvalue weighted by molar-refractivity contribution is -0.117. The summed E-state index contributed by atoms with van der Waals surface area (Å²) in [6.07, 6.45) is 2.97. The lowest BCUT2D eigenvalue weighted by atomic mass is 10.1. The summed E-state index contributed by atoms with van der Waals surface area (Å²) in [5, 5.41) is 5.41. The number of rotatable bonds is 9. The Kier molecular flexibility index (Phi) is 7.48. The summed E-state index contributed by atoms with van der Waals surface area (Å²) < 4.78 is 16.2. The van der Waals surface area contributed by atoms with Gasteiger partial charge in [-0.25, -0.2) is 0 Å². The number of carbonyl (C=O) groups excluding carboxylic acids is 2. The Balaban J connectivity index is 1.63. The van der Waals surface area contributed by atoms with Crippen LogP contribution in [0.5, 0.6) is 11.5 Å². The minimum Gasteiger partial charge on any atom is -0.493 e. The second-order valence-corrected chi connectivity index (χ2v) is 6.65. The van der Waals surface area contributed by atoms with Crippen molar-refractivity contribution >= 4 is 17.9 Å². The van der Waals surface area contributed by atoms with Gasteiger partial charge in [0.05, 0.1) is 19.9 Å². The summed E-state index contributed by atoms with van der Waals surface area (Å²) in [4.78, 5) is 25.3. The molecule has 0 unspecified atom stereocenters. The molecule has 7 nitrogen and oxygen atoms in total. The molecule has 0 aliphatic rings. The number of furan rings is 1. The molecule has 1 heterocycles. The lowest BCUT2D eigenvalue weighted by Gasteiger charge is -2.13. The van der Waals surface area contributed by atoms with Crippen LogP contribution >= 0.6 is 0 Å². The van der Waals surface area contributed by atoms with E-state index in [4.69, 9.17) is 13.9 Å². The van der Waals surface area contributed by atoms with E-state index >= 15 is 0 Å². The van der Waals surface area contributed by atoms with E-state index in [1.807, 2.05) is 25.1 Å². The zero-order chi connectivity index (χ0) is 22.1. The number of amides is 2. The van der Waals surface area contributed by atoms with Crippen molar-refractivity contribution in [2.24, 2.45) is 0 Å². The molecule has 0 saturated carbocycles. The molecule has 3 aromatic rings. The third-order valence-corrected chi connectivity index (χ3v) is 4.32. The maximum Gasteiger partial charge on any atom is 0.268 e. The quantitative estimate of drug-likeness (QED) is 0.408. The molecular formula is C24H24N2O5. The zero-order valence-corrected chi connectivity index (χ0v) is 17.4. The van der Waals surface area contributed by atoms with E-state index in [9.17, 15) is 9.59 Å². The number of para-hydroxylation sites is 2. The van der Waals surface area contributed by atoms with Crippen LogP contribution < -0.4 is 20.1 Å². The number of hydrogen-bond donors (Lipinski definition) is 2. The summed E-state index contributed by atoms with van der Waals surface area (Å²) >= 11 is 0. The molecule has 0 saturated heterocycles. The molecule has 0 bridgehead atoms. The van der Waals surface area contributed by atoms with Gasteiger partial charge in [0.1, 0.15) is 18.1 Å². The largest absolute Gasteiger partial charge is 0.493 e. The maximum atomic E-state index is 12.7. The zero-order valence-electron chi connectivity index (χ0n) is 17.4. The number of carbonyl (C=O) groups is 2. The highest BCUT2D eigenvalue weighted by atomic mass is 16.5. The van der Waals surface area contributed by atoms with Gasteiger partial charge in [-0.3, -0.25) is 9.59 Å². The molecule has 0 fully saturated rings. The highest BCUT2D eigenvalue weighted by molar-refractivity contribution is 6.05. The number of methoxy groups -OCH3 is 1. The van der Waals surface area contributed by atoms with Crippen molar-refractivity contribution in [3.63, 3.8) is 0 Å². The number of benzene rings is 2. The van der Waals surface area contributed by atoms with Crippen molar-refractivity contribution in [1.29, 1.82) is 0 Å². The molecule has 0 aliphatic heterocycles. The van der Waals surface area contributed by atoms with Crippen LogP contribution in [-0.2, 0) is 4.79 Å². The van der Waals surface area contributed by atoms with Gasteiger partial charge in [0.2, 0.25) is 0 Å². The smallest absolute Gasteiger partial charge is 0.268 e. The van der Waals surface area contributed by atoms with Crippen molar-refractivity contribution in [2.45, 2.75) is 6.92 Å². The van der Waals surface area contributed by atoms with Crippen molar-refractivity contribution in [1.82, 2.24) is 10.6 Å². The van der Waals surface area contributed by atoms with Gasteiger partial charge in [-0.05, 0) is 43.3 Å². The number of aryl methyl sites for hydroxylation is 1. The Morgan fingerprint density at radius 3 is 2.55 bits per heavy atom. The molecule has 3 rings (SSSR count). The minimum absolute atomic E-state index is 0.0683. The van der Waals surface area contributed by atoms with Crippen LogP contribution in [0.3, 0.4) is 0 Å². The lowest BCUT2D eigenvalue weighted by Crippen LogP contribution is -2.36. The van der Waals surface area contributed by atoms with Crippen LogP contribution in [-0.4, -0.2) is 32.1 Å². The molecule has 2 aromatic carbocycles. The van der Waals surface area contributed by atoms with Gasteiger partial charge in [0.25, 0.3) is 11.8 Å². The summed E-state index contributed by atoms with van der Waals surface area (Å²) in [6.45, 7) is 2.35. The summed E-state index contributed by atoms with van der Waals surface area (Å²) in [7, 11) is 1.56. The fourth-order valence-electron chi connectivity index (χ4n) is 2.81. The van der Waals surface area contributed by atoms with Crippen molar-refractivity contribution in [2.75, 3.05) is 20.3 Å². The van der Waals surface area contributed by atoms with Crippen LogP contribution in [0, 0.1) is 6.92 Å². The Bertz CT molecular complexity index is 1060. The molecule has 7 heteroatoms.